The lowest BCUT2D eigenvalue weighted by molar-refractivity contribution is 0.102. The summed E-state index contributed by atoms with van der Waals surface area (Å²) in [5.74, 6) is 1.27. The number of ether oxygens (including phenoxy) is 2. The van der Waals surface area contributed by atoms with Gasteiger partial charge in [0.15, 0.2) is 11.5 Å². The van der Waals surface area contributed by atoms with Crippen LogP contribution in [0.4, 0.5) is 11.4 Å². The molecule has 0 aliphatic carbocycles. The lowest BCUT2D eigenvalue weighted by Gasteiger charge is -2.29. The normalized spacial score (nSPS) is 13.4. The first-order valence-electron chi connectivity index (χ1n) is 10.3. The van der Waals surface area contributed by atoms with Crippen molar-refractivity contribution in [3.63, 3.8) is 0 Å². The Morgan fingerprint density at radius 3 is 2.58 bits per heavy atom. The number of nitrogens with one attached hydrogen (secondary N) is 1. The van der Waals surface area contributed by atoms with Crippen LogP contribution in [0.3, 0.4) is 0 Å². The number of nitrogens with zero attached hydrogens (tertiary/aromatic N) is 1. The van der Waals surface area contributed by atoms with Gasteiger partial charge in [0, 0.05) is 31.0 Å². The number of nitrogen functional groups attached to an aromatic ring is 1. The van der Waals surface area contributed by atoms with Gasteiger partial charge < -0.3 is 20.5 Å². The summed E-state index contributed by atoms with van der Waals surface area (Å²) in [6, 6.07) is 19.2. The van der Waals surface area contributed by atoms with Crippen molar-refractivity contribution < 1.29 is 14.3 Å². The monoisotopic (exact) mass is 417 g/mol. The van der Waals surface area contributed by atoms with E-state index in [0.717, 1.165) is 43.2 Å². The van der Waals surface area contributed by atoms with Crippen LogP contribution in [0.5, 0.6) is 11.5 Å². The molecule has 1 heterocycles. The second kappa shape index (κ2) is 9.10. The third kappa shape index (κ3) is 4.64. The summed E-state index contributed by atoms with van der Waals surface area (Å²) in [5, 5.41) is 2.97. The number of fused-ring (bicyclic) bond motifs is 1. The smallest absolute Gasteiger partial charge is 0.257 e. The molecule has 0 saturated carbocycles. The van der Waals surface area contributed by atoms with Gasteiger partial charge in [-0.15, -0.1) is 0 Å². The minimum absolute atomic E-state index is 0.198. The van der Waals surface area contributed by atoms with Gasteiger partial charge in [0.1, 0.15) is 0 Å². The zero-order valence-electron chi connectivity index (χ0n) is 17.9. The molecule has 0 fully saturated rings. The molecule has 0 bridgehead atoms. The SMILES string of the molecule is COc1ccc(CN2CCc3ccc(NC(=O)c4ccccc4N)cc3C2)cc1OC. The first-order valence-corrected chi connectivity index (χ1v) is 10.3. The maximum Gasteiger partial charge on any atom is 0.257 e. The first kappa shape index (κ1) is 20.8. The maximum atomic E-state index is 12.6. The topological polar surface area (TPSA) is 76.8 Å². The van der Waals surface area contributed by atoms with Gasteiger partial charge in [-0.05, 0) is 59.5 Å². The summed E-state index contributed by atoms with van der Waals surface area (Å²) in [6.07, 6.45) is 0.975. The first-order chi connectivity index (χ1) is 15.1. The van der Waals surface area contributed by atoms with Crippen molar-refractivity contribution in [1.82, 2.24) is 4.90 Å². The highest BCUT2D eigenvalue weighted by Crippen LogP contribution is 2.29. The highest BCUT2D eigenvalue weighted by Gasteiger charge is 2.18. The lowest BCUT2D eigenvalue weighted by Crippen LogP contribution is -2.30. The fraction of sp³-hybridized carbons (Fsp3) is 0.240. The summed E-state index contributed by atoms with van der Waals surface area (Å²) >= 11 is 0. The van der Waals surface area contributed by atoms with Crippen LogP contribution >= 0.6 is 0 Å². The number of hydrogen-bond donors (Lipinski definition) is 2. The molecule has 3 aromatic carbocycles. The molecule has 3 aromatic rings. The summed E-state index contributed by atoms with van der Waals surface area (Å²) in [5.41, 5.74) is 11.4. The Hall–Kier alpha value is -3.51. The Balaban J connectivity index is 1.46. The predicted octanol–water partition coefficient (Wildman–Crippen LogP) is 4.10. The molecule has 0 radical (unpaired) electrons. The van der Waals surface area contributed by atoms with E-state index in [1.807, 2.05) is 30.3 Å². The zero-order chi connectivity index (χ0) is 21.8. The standard InChI is InChI=1S/C25H27N3O3/c1-30-23-10-7-17(13-24(23)31-2)15-28-12-11-18-8-9-20(14-19(18)16-28)27-25(29)21-5-3-4-6-22(21)26/h3-10,13-14H,11-12,15-16,26H2,1-2H3,(H,27,29). The Labute approximate surface area is 182 Å². The van der Waals surface area contributed by atoms with Gasteiger partial charge in [-0.25, -0.2) is 0 Å². The van der Waals surface area contributed by atoms with Crippen LogP contribution in [0, 0.1) is 0 Å². The highest BCUT2D eigenvalue weighted by molar-refractivity contribution is 6.07. The van der Waals surface area contributed by atoms with Crippen molar-refractivity contribution in [2.24, 2.45) is 0 Å². The number of carbonyl (C=O) groups is 1. The van der Waals surface area contributed by atoms with Gasteiger partial charge in [-0.1, -0.05) is 24.3 Å². The fourth-order valence-corrected chi connectivity index (χ4v) is 3.97. The molecule has 0 spiro atoms. The van der Waals surface area contributed by atoms with Crippen molar-refractivity contribution in [3.8, 4) is 11.5 Å². The molecule has 6 heteroatoms. The van der Waals surface area contributed by atoms with Crippen molar-refractivity contribution in [2.75, 3.05) is 31.8 Å². The predicted molar refractivity (Wildman–Crippen MR) is 123 cm³/mol. The molecule has 4 rings (SSSR count). The molecule has 1 aliphatic heterocycles. The average Bonchev–Trinajstić information content (AvgIpc) is 2.79. The van der Waals surface area contributed by atoms with E-state index >= 15 is 0 Å². The minimum atomic E-state index is -0.198. The average molecular weight is 418 g/mol. The van der Waals surface area contributed by atoms with E-state index in [4.69, 9.17) is 15.2 Å². The molecule has 1 aliphatic rings. The third-order valence-corrected chi connectivity index (χ3v) is 5.62. The van der Waals surface area contributed by atoms with Crippen LogP contribution in [0.25, 0.3) is 0 Å². The van der Waals surface area contributed by atoms with E-state index in [1.165, 1.54) is 16.7 Å². The quantitative estimate of drug-likeness (QED) is 0.591. The van der Waals surface area contributed by atoms with Crippen molar-refractivity contribution in [1.29, 1.82) is 0 Å². The molecule has 0 saturated heterocycles. The van der Waals surface area contributed by atoms with E-state index in [1.54, 1.807) is 26.4 Å². The zero-order valence-corrected chi connectivity index (χ0v) is 17.9. The van der Waals surface area contributed by atoms with Gasteiger partial charge in [0.05, 0.1) is 19.8 Å². The van der Waals surface area contributed by atoms with Crippen LogP contribution < -0.4 is 20.5 Å². The van der Waals surface area contributed by atoms with Crippen molar-refractivity contribution in [2.45, 2.75) is 19.5 Å². The molecule has 3 N–H and O–H groups in total. The summed E-state index contributed by atoms with van der Waals surface area (Å²) < 4.78 is 10.8. The number of nitrogens with two attached hydrogens (primary N) is 1. The van der Waals surface area contributed by atoms with E-state index in [-0.39, 0.29) is 5.91 Å². The van der Waals surface area contributed by atoms with Gasteiger partial charge in [-0.2, -0.15) is 0 Å². The van der Waals surface area contributed by atoms with E-state index in [2.05, 4.69) is 28.4 Å². The van der Waals surface area contributed by atoms with Crippen LogP contribution in [0.15, 0.2) is 60.7 Å². The van der Waals surface area contributed by atoms with E-state index < -0.39 is 0 Å². The van der Waals surface area contributed by atoms with Crippen LogP contribution in [-0.2, 0) is 19.5 Å². The largest absolute Gasteiger partial charge is 0.493 e. The van der Waals surface area contributed by atoms with Crippen LogP contribution in [-0.4, -0.2) is 31.6 Å². The van der Waals surface area contributed by atoms with Crippen molar-refractivity contribution >= 4 is 17.3 Å². The Morgan fingerprint density at radius 2 is 1.81 bits per heavy atom. The number of methoxy groups -OCH3 is 2. The van der Waals surface area contributed by atoms with E-state index in [9.17, 15) is 4.79 Å². The molecule has 1 amide bonds. The number of rotatable bonds is 6. The van der Waals surface area contributed by atoms with Gasteiger partial charge in [0.25, 0.3) is 5.91 Å². The summed E-state index contributed by atoms with van der Waals surface area (Å²) in [7, 11) is 3.29. The molecular formula is C25H27N3O3. The molecule has 0 aromatic heterocycles. The molecule has 0 unspecified atom stereocenters. The second-order valence-corrected chi connectivity index (χ2v) is 7.67. The Morgan fingerprint density at radius 1 is 1.00 bits per heavy atom. The van der Waals surface area contributed by atoms with Gasteiger partial charge in [0.2, 0.25) is 0 Å². The number of amides is 1. The van der Waals surface area contributed by atoms with Gasteiger partial charge >= 0.3 is 0 Å². The van der Waals surface area contributed by atoms with Gasteiger partial charge in [-0.3, -0.25) is 9.69 Å². The summed E-state index contributed by atoms with van der Waals surface area (Å²) in [6.45, 7) is 2.62. The van der Waals surface area contributed by atoms with Crippen LogP contribution in [0.1, 0.15) is 27.0 Å². The van der Waals surface area contributed by atoms with Crippen molar-refractivity contribution in [3.05, 3.63) is 82.9 Å². The van der Waals surface area contributed by atoms with E-state index in [0.29, 0.717) is 11.3 Å². The Kier molecular flexibility index (Phi) is 6.09. The number of carbonyl (C=O) groups excluding carboxylic acids is 1. The number of hydrogen-bond acceptors (Lipinski definition) is 5. The maximum absolute atomic E-state index is 12.6. The van der Waals surface area contributed by atoms with Crippen LogP contribution in [0.2, 0.25) is 0 Å². The molecule has 0 atom stereocenters. The summed E-state index contributed by atoms with van der Waals surface area (Å²) in [4.78, 5) is 15.0. The molecule has 31 heavy (non-hydrogen) atoms. The number of para-hydroxylation sites is 1. The minimum Gasteiger partial charge on any atom is -0.493 e. The molecular weight excluding hydrogens is 390 g/mol. The highest BCUT2D eigenvalue weighted by atomic mass is 16.5. The number of benzene rings is 3. The Bertz CT molecular complexity index is 1100. The third-order valence-electron chi connectivity index (χ3n) is 5.62. The number of anilines is 2. The molecule has 6 nitrogen and oxygen atoms in total. The lowest BCUT2D eigenvalue weighted by atomic mass is 9.98. The fourth-order valence-electron chi connectivity index (χ4n) is 3.97. The second-order valence-electron chi connectivity index (χ2n) is 7.67. The molecule has 160 valence electrons.